The summed E-state index contributed by atoms with van der Waals surface area (Å²) in [6.07, 6.45) is -3.23. The van der Waals surface area contributed by atoms with Crippen LogP contribution in [-0.2, 0) is 23.9 Å². The number of hydrogen-bond donors (Lipinski definition) is 1. The molecule has 32 heavy (non-hydrogen) atoms. The number of carbonyl (C=O) groups excluding carboxylic acids is 2. The number of amides is 2. The third-order valence-corrected chi connectivity index (χ3v) is 5.17. The number of alkyl halides is 3. The number of fused-ring (bicyclic) bond motifs is 1. The molecule has 0 saturated carbocycles. The number of aromatic nitrogens is 1. The van der Waals surface area contributed by atoms with Crippen LogP contribution < -0.4 is 15.8 Å². The van der Waals surface area contributed by atoms with Gasteiger partial charge in [-0.3, -0.25) is 14.4 Å². The summed E-state index contributed by atoms with van der Waals surface area (Å²) in [5.41, 5.74) is 1.04. The second-order valence-corrected chi connectivity index (χ2v) is 7.34. The third-order valence-electron chi connectivity index (χ3n) is 5.17. The van der Waals surface area contributed by atoms with Gasteiger partial charge in [-0.1, -0.05) is 18.2 Å². The average molecular weight is 441 g/mol. The van der Waals surface area contributed by atoms with E-state index in [1.807, 2.05) is 24.3 Å². The van der Waals surface area contributed by atoms with Crippen molar-refractivity contribution < 1.29 is 22.8 Å². The van der Waals surface area contributed by atoms with E-state index in [0.29, 0.717) is 34.6 Å². The summed E-state index contributed by atoms with van der Waals surface area (Å²) in [4.78, 5) is 38.6. The second-order valence-electron chi connectivity index (χ2n) is 7.34. The molecule has 0 saturated heterocycles. The van der Waals surface area contributed by atoms with Crippen LogP contribution in [0.2, 0.25) is 0 Å². The van der Waals surface area contributed by atoms with Gasteiger partial charge in [0.2, 0.25) is 5.91 Å². The predicted molar refractivity (Wildman–Crippen MR) is 113 cm³/mol. The molecule has 0 fully saturated rings. The molecule has 6 nitrogen and oxygen atoms in total. The van der Waals surface area contributed by atoms with Crippen molar-refractivity contribution in [3.63, 3.8) is 0 Å². The SMILES string of the molecule is O=C(Cn1cc(C(F)(F)F)ccc1=O)Nc1ccc(C(=O)N2CCc3ccccc32)cc1. The van der Waals surface area contributed by atoms with E-state index in [4.69, 9.17) is 0 Å². The highest BCUT2D eigenvalue weighted by molar-refractivity contribution is 6.07. The first kappa shape index (κ1) is 21.4. The lowest BCUT2D eigenvalue weighted by molar-refractivity contribution is -0.138. The highest BCUT2D eigenvalue weighted by Crippen LogP contribution is 2.29. The van der Waals surface area contributed by atoms with E-state index in [2.05, 4.69) is 5.32 Å². The fraction of sp³-hybridized carbons (Fsp3) is 0.174. The lowest BCUT2D eigenvalue weighted by Gasteiger charge is -2.17. The molecule has 1 N–H and O–H groups in total. The number of rotatable bonds is 4. The van der Waals surface area contributed by atoms with E-state index >= 15 is 0 Å². The van der Waals surface area contributed by atoms with E-state index < -0.39 is 29.8 Å². The fourth-order valence-electron chi connectivity index (χ4n) is 3.58. The van der Waals surface area contributed by atoms with Crippen LogP contribution in [0.5, 0.6) is 0 Å². The van der Waals surface area contributed by atoms with Crippen LogP contribution in [0, 0.1) is 0 Å². The summed E-state index contributed by atoms with van der Waals surface area (Å²) in [6, 6.07) is 15.3. The van der Waals surface area contributed by atoms with Gasteiger partial charge in [-0.25, -0.2) is 0 Å². The van der Waals surface area contributed by atoms with E-state index in [1.54, 1.807) is 17.0 Å². The monoisotopic (exact) mass is 441 g/mol. The van der Waals surface area contributed by atoms with E-state index in [1.165, 1.54) is 12.1 Å². The summed E-state index contributed by atoms with van der Waals surface area (Å²) in [6.45, 7) is 0.0103. The minimum absolute atomic E-state index is 0.164. The first-order valence-electron chi connectivity index (χ1n) is 9.80. The topological polar surface area (TPSA) is 71.4 Å². The van der Waals surface area contributed by atoms with Crippen molar-refractivity contribution in [1.82, 2.24) is 4.57 Å². The Morgan fingerprint density at radius 3 is 2.41 bits per heavy atom. The average Bonchev–Trinajstić information content (AvgIpc) is 3.19. The van der Waals surface area contributed by atoms with Crippen LogP contribution in [0.3, 0.4) is 0 Å². The van der Waals surface area contributed by atoms with Gasteiger partial charge in [-0.15, -0.1) is 0 Å². The summed E-state index contributed by atoms with van der Waals surface area (Å²) in [7, 11) is 0. The number of pyridine rings is 1. The highest BCUT2D eigenvalue weighted by atomic mass is 19.4. The second kappa shape index (κ2) is 8.33. The van der Waals surface area contributed by atoms with Gasteiger partial charge in [0.1, 0.15) is 6.54 Å². The minimum Gasteiger partial charge on any atom is -0.325 e. The number of anilines is 2. The van der Waals surface area contributed by atoms with E-state index in [9.17, 15) is 27.6 Å². The van der Waals surface area contributed by atoms with Crippen molar-refractivity contribution in [3.8, 4) is 0 Å². The maximum atomic E-state index is 12.8. The molecule has 0 atom stereocenters. The number of benzene rings is 2. The van der Waals surface area contributed by atoms with Crippen molar-refractivity contribution in [1.29, 1.82) is 0 Å². The number of carbonyl (C=O) groups is 2. The van der Waals surface area contributed by atoms with Gasteiger partial charge in [0.05, 0.1) is 5.56 Å². The predicted octanol–water partition coefficient (Wildman–Crippen LogP) is 3.71. The maximum absolute atomic E-state index is 12.8. The summed E-state index contributed by atoms with van der Waals surface area (Å²) >= 11 is 0. The fourth-order valence-corrected chi connectivity index (χ4v) is 3.58. The van der Waals surface area contributed by atoms with Gasteiger partial charge >= 0.3 is 6.18 Å². The zero-order valence-corrected chi connectivity index (χ0v) is 16.7. The molecule has 0 aliphatic carbocycles. The molecule has 9 heteroatoms. The van der Waals surface area contributed by atoms with Crippen LogP contribution in [-0.4, -0.2) is 22.9 Å². The van der Waals surface area contributed by atoms with E-state index in [0.717, 1.165) is 23.7 Å². The zero-order valence-electron chi connectivity index (χ0n) is 16.7. The van der Waals surface area contributed by atoms with Gasteiger partial charge in [0.15, 0.2) is 0 Å². The smallest absolute Gasteiger partial charge is 0.325 e. The molecule has 164 valence electrons. The van der Waals surface area contributed by atoms with Crippen molar-refractivity contribution in [3.05, 3.63) is 93.9 Å². The summed E-state index contributed by atoms with van der Waals surface area (Å²) in [5.74, 6) is -0.831. The Labute approximate surface area is 180 Å². The van der Waals surface area contributed by atoms with Crippen LogP contribution in [0.4, 0.5) is 24.5 Å². The first-order valence-corrected chi connectivity index (χ1v) is 9.80. The lowest BCUT2D eigenvalue weighted by Crippen LogP contribution is -2.29. The largest absolute Gasteiger partial charge is 0.417 e. The maximum Gasteiger partial charge on any atom is 0.417 e. The van der Waals surface area contributed by atoms with Crippen molar-refractivity contribution in [2.24, 2.45) is 0 Å². The quantitative estimate of drug-likeness (QED) is 0.671. The van der Waals surface area contributed by atoms with Crippen LogP contribution in [0.1, 0.15) is 21.5 Å². The molecule has 1 aromatic heterocycles. The van der Waals surface area contributed by atoms with Gasteiger partial charge < -0.3 is 14.8 Å². The zero-order chi connectivity index (χ0) is 22.9. The molecule has 3 aromatic rings. The summed E-state index contributed by atoms with van der Waals surface area (Å²) < 4.78 is 39.2. The Morgan fingerprint density at radius 2 is 1.69 bits per heavy atom. The molecule has 1 aliphatic heterocycles. The van der Waals surface area contributed by atoms with Gasteiger partial charge in [0.25, 0.3) is 11.5 Å². The molecular weight excluding hydrogens is 423 g/mol. The van der Waals surface area contributed by atoms with Gasteiger partial charge in [-0.2, -0.15) is 13.2 Å². The molecular formula is C23H18F3N3O3. The molecule has 2 heterocycles. The van der Waals surface area contributed by atoms with Crippen LogP contribution in [0.25, 0.3) is 0 Å². The third kappa shape index (κ3) is 4.41. The number of nitrogens with one attached hydrogen (secondary N) is 1. The van der Waals surface area contributed by atoms with Crippen molar-refractivity contribution in [2.75, 3.05) is 16.8 Å². The molecule has 0 unspecified atom stereocenters. The van der Waals surface area contributed by atoms with Crippen LogP contribution >= 0.6 is 0 Å². The molecule has 1 aliphatic rings. The number of nitrogens with zero attached hydrogens (tertiary/aromatic N) is 2. The normalized spacial score (nSPS) is 13.0. The Balaban J connectivity index is 1.43. The molecule has 2 amide bonds. The standard InChI is InChI=1S/C23H18F3N3O3/c24-23(25,26)17-7-10-21(31)28(13-17)14-20(30)27-18-8-5-16(6-9-18)22(32)29-12-11-15-3-1-2-4-19(15)29/h1-10,13H,11-12,14H2,(H,27,30). The van der Waals surface area contributed by atoms with Gasteiger partial charge in [-0.05, 0) is 48.4 Å². The molecule has 4 rings (SSSR count). The van der Waals surface area contributed by atoms with Crippen molar-refractivity contribution in [2.45, 2.75) is 19.1 Å². The number of hydrogen-bond acceptors (Lipinski definition) is 3. The van der Waals surface area contributed by atoms with Crippen molar-refractivity contribution >= 4 is 23.2 Å². The molecule has 2 aromatic carbocycles. The number of halogens is 3. The molecule has 0 bridgehead atoms. The minimum atomic E-state index is -4.62. The Hall–Kier alpha value is -3.88. The van der Waals surface area contributed by atoms with E-state index in [-0.39, 0.29) is 5.91 Å². The molecule has 0 radical (unpaired) electrons. The first-order chi connectivity index (χ1) is 15.2. The Morgan fingerprint density at radius 1 is 0.969 bits per heavy atom. The number of para-hydroxylation sites is 1. The van der Waals surface area contributed by atoms with Gasteiger partial charge in [0, 0.05) is 35.7 Å². The lowest BCUT2D eigenvalue weighted by atomic mass is 10.1. The van der Waals surface area contributed by atoms with Crippen LogP contribution in [0.15, 0.2) is 71.7 Å². The highest BCUT2D eigenvalue weighted by Gasteiger charge is 2.31. The Bertz CT molecular complexity index is 1230. The summed E-state index contributed by atoms with van der Waals surface area (Å²) in [5, 5.41) is 2.52. The molecule has 0 spiro atoms. The Kier molecular flexibility index (Phi) is 5.56.